The Kier molecular flexibility index (Phi) is 6.77. The van der Waals surface area contributed by atoms with Crippen molar-refractivity contribution in [2.45, 2.75) is 0 Å². The molecule has 132 valence electrons. The summed E-state index contributed by atoms with van der Waals surface area (Å²) < 4.78 is 9.89. The molecule has 0 spiro atoms. The maximum absolute atomic E-state index is 12.3. The van der Waals surface area contributed by atoms with Crippen molar-refractivity contribution >= 4 is 35.2 Å². The van der Waals surface area contributed by atoms with Gasteiger partial charge in [-0.05, 0) is 24.3 Å². The zero-order valence-corrected chi connectivity index (χ0v) is 14.6. The van der Waals surface area contributed by atoms with Crippen LogP contribution in [0.5, 0.6) is 5.75 Å². The number of hydrogen-bond donors (Lipinski definition) is 1. The Bertz CT molecular complexity index is 887. The first-order chi connectivity index (χ1) is 12.5. The van der Waals surface area contributed by atoms with E-state index in [1.54, 1.807) is 48.5 Å². The number of para-hydroxylation sites is 2. The second-order valence-electron chi connectivity index (χ2n) is 5.01. The summed E-state index contributed by atoms with van der Waals surface area (Å²) in [5, 5.41) is 12.3. The largest absolute Gasteiger partial charge is 0.481 e. The van der Waals surface area contributed by atoms with E-state index in [4.69, 9.17) is 16.3 Å². The fourth-order valence-electron chi connectivity index (χ4n) is 1.98. The highest BCUT2D eigenvalue weighted by molar-refractivity contribution is 6.34. The summed E-state index contributed by atoms with van der Waals surface area (Å²) in [4.78, 5) is 23.6. The van der Waals surface area contributed by atoms with Crippen LogP contribution in [0.4, 0.5) is 5.69 Å². The predicted molar refractivity (Wildman–Crippen MR) is 97.6 cm³/mol. The van der Waals surface area contributed by atoms with Crippen LogP contribution in [0.15, 0.2) is 54.1 Å². The second kappa shape index (κ2) is 9.25. The van der Waals surface area contributed by atoms with Crippen LogP contribution in [-0.2, 0) is 14.3 Å². The molecule has 0 aliphatic rings. The molecule has 2 rings (SSSR count). The average Bonchev–Trinajstić information content (AvgIpc) is 2.66. The van der Waals surface area contributed by atoms with Gasteiger partial charge in [0.05, 0.1) is 17.8 Å². The molecule has 1 N–H and O–H groups in total. The smallest absolute Gasteiger partial charge is 0.343 e. The Hall–Kier alpha value is -3.30. The normalized spacial score (nSPS) is 10.6. The first-order valence-corrected chi connectivity index (χ1v) is 7.89. The van der Waals surface area contributed by atoms with Crippen molar-refractivity contribution in [3.63, 3.8) is 0 Å². The Labute approximate surface area is 155 Å². The van der Waals surface area contributed by atoms with E-state index in [0.29, 0.717) is 22.0 Å². The number of nitrogens with one attached hydrogen (secondary N) is 1. The number of carbonyl (C=O) groups excluding carboxylic acids is 2. The quantitative estimate of drug-likeness (QED) is 0.478. The lowest BCUT2D eigenvalue weighted by atomic mass is 10.1. The van der Waals surface area contributed by atoms with E-state index < -0.39 is 11.9 Å². The number of esters is 1. The number of amides is 1. The lowest BCUT2D eigenvalue weighted by Crippen LogP contribution is -2.14. The number of benzene rings is 2. The van der Waals surface area contributed by atoms with E-state index in [1.165, 1.54) is 13.2 Å². The van der Waals surface area contributed by atoms with Gasteiger partial charge >= 0.3 is 5.97 Å². The van der Waals surface area contributed by atoms with E-state index in [2.05, 4.69) is 10.1 Å². The van der Waals surface area contributed by atoms with E-state index in [1.807, 2.05) is 6.07 Å². The molecule has 0 radical (unpaired) electrons. The molecule has 2 aromatic carbocycles. The molecule has 2 aromatic rings. The van der Waals surface area contributed by atoms with Crippen LogP contribution in [-0.4, -0.2) is 25.6 Å². The second-order valence-corrected chi connectivity index (χ2v) is 5.41. The van der Waals surface area contributed by atoms with Gasteiger partial charge in [-0.15, -0.1) is 0 Å². The molecule has 0 aliphatic heterocycles. The van der Waals surface area contributed by atoms with Crippen LogP contribution in [0.3, 0.4) is 0 Å². The van der Waals surface area contributed by atoms with Crippen LogP contribution >= 0.6 is 11.6 Å². The molecular weight excluding hydrogens is 356 g/mol. The summed E-state index contributed by atoms with van der Waals surface area (Å²) in [6.07, 6.45) is 1.37. The van der Waals surface area contributed by atoms with Crippen molar-refractivity contribution < 1.29 is 19.1 Å². The SMILES string of the molecule is COC(=O)COc1ccccc1/C=C(\C#N)C(=O)Nc1ccccc1Cl. The highest BCUT2D eigenvalue weighted by Crippen LogP contribution is 2.23. The number of nitriles is 1. The van der Waals surface area contributed by atoms with Crippen LogP contribution in [0, 0.1) is 11.3 Å². The van der Waals surface area contributed by atoms with E-state index in [9.17, 15) is 14.9 Å². The van der Waals surface area contributed by atoms with Crippen molar-refractivity contribution in [3.8, 4) is 11.8 Å². The zero-order chi connectivity index (χ0) is 18.9. The molecular formula is C19H15ClN2O4. The topological polar surface area (TPSA) is 88.4 Å². The van der Waals surface area contributed by atoms with Crippen LogP contribution < -0.4 is 10.1 Å². The minimum Gasteiger partial charge on any atom is -0.481 e. The first kappa shape index (κ1) is 19.0. The number of nitrogens with zero attached hydrogens (tertiary/aromatic N) is 1. The van der Waals surface area contributed by atoms with Crippen molar-refractivity contribution in [1.82, 2.24) is 0 Å². The van der Waals surface area contributed by atoms with Gasteiger partial charge in [-0.1, -0.05) is 41.9 Å². The minimum atomic E-state index is -0.608. The molecule has 0 fully saturated rings. The lowest BCUT2D eigenvalue weighted by Gasteiger charge is -2.09. The summed E-state index contributed by atoms with van der Waals surface area (Å²) in [6.45, 7) is -0.283. The van der Waals surface area contributed by atoms with E-state index in [-0.39, 0.29) is 12.2 Å². The van der Waals surface area contributed by atoms with Crippen molar-refractivity contribution in [1.29, 1.82) is 5.26 Å². The first-order valence-electron chi connectivity index (χ1n) is 7.51. The molecule has 0 saturated heterocycles. The van der Waals surface area contributed by atoms with Crippen LogP contribution in [0.2, 0.25) is 5.02 Å². The molecule has 0 aromatic heterocycles. The molecule has 0 aliphatic carbocycles. The minimum absolute atomic E-state index is 0.140. The number of anilines is 1. The number of methoxy groups -OCH3 is 1. The Morgan fingerprint density at radius 1 is 1.19 bits per heavy atom. The van der Waals surface area contributed by atoms with Gasteiger partial charge in [0.25, 0.3) is 5.91 Å². The van der Waals surface area contributed by atoms with Gasteiger partial charge in [-0.2, -0.15) is 5.26 Å². The maximum atomic E-state index is 12.3. The third kappa shape index (κ3) is 5.10. The molecule has 7 heteroatoms. The number of carbonyl (C=O) groups is 2. The fraction of sp³-hybridized carbons (Fsp3) is 0.105. The number of hydrogen-bond acceptors (Lipinski definition) is 5. The van der Waals surface area contributed by atoms with E-state index in [0.717, 1.165) is 0 Å². The third-order valence-corrected chi connectivity index (χ3v) is 3.61. The zero-order valence-electron chi connectivity index (χ0n) is 13.9. The monoisotopic (exact) mass is 370 g/mol. The Balaban J connectivity index is 2.23. The van der Waals surface area contributed by atoms with Crippen molar-refractivity contribution in [2.24, 2.45) is 0 Å². The predicted octanol–water partition coefficient (Wildman–Crippen LogP) is 3.44. The van der Waals surface area contributed by atoms with Gasteiger partial charge < -0.3 is 14.8 Å². The van der Waals surface area contributed by atoms with Gasteiger partial charge in [-0.3, -0.25) is 4.79 Å². The number of rotatable bonds is 6. The maximum Gasteiger partial charge on any atom is 0.343 e. The van der Waals surface area contributed by atoms with Gasteiger partial charge in [0.2, 0.25) is 0 Å². The summed E-state index contributed by atoms with van der Waals surface area (Å²) in [7, 11) is 1.25. The summed E-state index contributed by atoms with van der Waals surface area (Å²) in [6, 6.07) is 15.3. The van der Waals surface area contributed by atoms with Gasteiger partial charge in [-0.25, -0.2) is 4.79 Å². The fourth-order valence-corrected chi connectivity index (χ4v) is 2.17. The summed E-state index contributed by atoms with van der Waals surface area (Å²) in [5.41, 5.74) is 0.733. The lowest BCUT2D eigenvalue weighted by molar-refractivity contribution is -0.142. The highest BCUT2D eigenvalue weighted by atomic mass is 35.5. The summed E-state index contributed by atoms with van der Waals surface area (Å²) >= 11 is 6.01. The Morgan fingerprint density at radius 2 is 1.88 bits per heavy atom. The van der Waals surface area contributed by atoms with Gasteiger partial charge in [0.1, 0.15) is 17.4 Å². The molecule has 0 bridgehead atoms. The third-order valence-electron chi connectivity index (χ3n) is 3.28. The molecule has 1 amide bonds. The van der Waals surface area contributed by atoms with Crippen molar-refractivity contribution in [2.75, 3.05) is 19.0 Å². The van der Waals surface area contributed by atoms with Gasteiger partial charge in [0, 0.05) is 5.56 Å². The van der Waals surface area contributed by atoms with Crippen LogP contribution in [0.25, 0.3) is 6.08 Å². The molecule has 26 heavy (non-hydrogen) atoms. The molecule has 0 heterocycles. The molecule has 0 unspecified atom stereocenters. The van der Waals surface area contributed by atoms with Crippen molar-refractivity contribution in [3.05, 3.63) is 64.7 Å². The standard InChI is InChI=1S/C19H15ClN2O4/c1-25-18(23)12-26-17-9-5-2-6-13(17)10-14(11-21)19(24)22-16-8-4-3-7-15(16)20/h2-10H,12H2,1H3,(H,22,24)/b14-10+. The van der Waals surface area contributed by atoms with Gasteiger partial charge in [0.15, 0.2) is 6.61 Å². The molecule has 0 atom stereocenters. The highest BCUT2D eigenvalue weighted by Gasteiger charge is 2.13. The summed E-state index contributed by atoms with van der Waals surface area (Å²) in [5.74, 6) is -0.805. The van der Waals surface area contributed by atoms with Crippen LogP contribution in [0.1, 0.15) is 5.56 Å². The Morgan fingerprint density at radius 3 is 2.58 bits per heavy atom. The molecule has 6 nitrogen and oxygen atoms in total. The molecule has 0 saturated carbocycles. The average molecular weight is 371 g/mol. The number of ether oxygens (including phenoxy) is 2. The number of halogens is 1. The van der Waals surface area contributed by atoms with E-state index >= 15 is 0 Å².